The Morgan fingerprint density at radius 1 is 1.00 bits per heavy atom. The van der Waals surface area contributed by atoms with Crippen molar-refractivity contribution in [2.24, 2.45) is 11.5 Å². The van der Waals surface area contributed by atoms with Crippen LogP contribution in [0.4, 0.5) is 4.70 Å². The van der Waals surface area contributed by atoms with Gasteiger partial charge in [0.05, 0.1) is 0 Å². The summed E-state index contributed by atoms with van der Waals surface area (Å²) >= 11 is 0. The fourth-order valence-electron chi connectivity index (χ4n) is 0. The summed E-state index contributed by atoms with van der Waals surface area (Å²) in [5.41, 5.74) is 9.81. The Bertz CT molecular complexity index is 10.8. The highest BCUT2D eigenvalue weighted by Gasteiger charge is 1.54. The molecule has 3 heteroatoms. The molecule has 0 aliphatic carbocycles. The first-order valence-electron chi connectivity index (χ1n) is 1.32. The molecule has 0 unspecified atom stereocenters. The minimum Gasteiger partial charge on any atom is -0.329 e. The molecule has 4 N–H and O–H groups in total. The molecule has 0 aliphatic rings. The standard InChI is InChI=1S/C2H8N2.CH4.FH/c3-1-2-4;;/h1-4H2;1H4;1H. The van der Waals surface area contributed by atoms with E-state index >= 15 is 0 Å². The molecule has 0 heterocycles. The van der Waals surface area contributed by atoms with Crippen LogP contribution in [0.2, 0.25) is 0 Å². The van der Waals surface area contributed by atoms with Gasteiger partial charge in [-0.05, 0) is 0 Å². The van der Waals surface area contributed by atoms with Gasteiger partial charge in [-0.2, -0.15) is 0 Å². The molecular formula is C3H13FN2. The summed E-state index contributed by atoms with van der Waals surface area (Å²) in [7, 11) is 0. The van der Waals surface area contributed by atoms with Gasteiger partial charge in [-0.15, -0.1) is 0 Å². The van der Waals surface area contributed by atoms with E-state index in [1.165, 1.54) is 0 Å². The molecule has 0 spiro atoms. The lowest BCUT2D eigenvalue weighted by atomic mass is 10.7. The molecule has 0 radical (unpaired) electrons. The van der Waals surface area contributed by atoms with Crippen LogP contribution in [0, 0.1) is 0 Å². The van der Waals surface area contributed by atoms with Gasteiger partial charge in [-0.3, -0.25) is 4.70 Å². The quantitative estimate of drug-likeness (QED) is 0.470. The van der Waals surface area contributed by atoms with Gasteiger partial charge in [0.25, 0.3) is 0 Å². The van der Waals surface area contributed by atoms with E-state index < -0.39 is 0 Å². The Morgan fingerprint density at radius 3 is 1.17 bits per heavy atom. The molecule has 0 saturated heterocycles. The number of rotatable bonds is 1. The zero-order chi connectivity index (χ0) is 3.41. The Hall–Kier alpha value is -0.150. The summed E-state index contributed by atoms with van der Waals surface area (Å²) < 4.78 is 0. The molecule has 0 saturated carbocycles. The molecule has 0 aliphatic heterocycles. The number of hydrogen-bond donors (Lipinski definition) is 2. The highest BCUT2D eigenvalue weighted by atomic mass is 19.0. The summed E-state index contributed by atoms with van der Waals surface area (Å²) in [6, 6.07) is 0. The molecule has 0 aromatic heterocycles. The summed E-state index contributed by atoms with van der Waals surface area (Å²) in [5, 5.41) is 0. The molecule has 0 aromatic rings. The zero-order valence-electron chi connectivity index (χ0n) is 2.98. The Kier molecular flexibility index (Phi) is 59.3. The van der Waals surface area contributed by atoms with Gasteiger partial charge in [0, 0.05) is 13.1 Å². The van der Waals surface area contributed by atoms with Gasteiger partial charge in [0.15, 0.2) is 0 Å². The average Bonchev–Trinajstić information content (AvgIpc) is 1.37. The minimum atomic E-state index is 0. The van der Waals surface area contributed by atoms with E-state index in [0.717, 1.165) is 0 Å². The maximum atomic E-state index is 4.90. The van der Waals surface area contributed by atoms with Crippen LogP contribution in [0.25, 0.3) is 0 Å². The van der Waals surface area contributed by atoms with Crippen molar-refractivity contribution in [1.29, 1.82) is 0 Å². The largest absolute Gasteiger partial charge is 0.329 e. The number of halogens is 1. The molecule has 6 heavy (non-hydrogen) atoms. The monoisotopic (exact) mass is 96.1 g/mol. The van der Waals surface area contributed by atoms with Crippen molar-refractivity contribution in [3.63, 3.8) is 0 Å². The lowest BCUT2D eigenvalue weighted by molar-refractivity contribution is 0.976. The zero-order valence-corrected chi connectivity index (χ0v) is 2.98. The first-order valence-corrected chi connectivity index (χ1v) is 1.32. The summed E-state index contributed by atoms with van der Waals surface area (Å²) in [5.74, 6) is 0. The van der Waals surface area contributed by atoms with Crippen LogP contribution in [0.5, 0.6) is 0 Å². The van der Waals surface area contributed by atoms with E-state index in [-0.39, 0.29) is 12.1 Å². The second-order valence-corrected chi connectivity index (χ2v) is 0.577. The molecule has 0 atom stereocenters. The van der Waals surface area contributed by atoms with Gasteiger partial charge in [0.2, 0.25) is 0 Å². The molecule has 2 nitrogen and oxygen atoms in total. The van der Waals surface area contributed by atoms with Gasteiger partial charge >= 0.3 is 0 Å². The summed E-state index contributed by atoms with van der Waals surface area (Å²) in [6.45, 7) is 1.19. The molecule has 0 aromatic carbocycles. The lowest BCUT2D eigenvalue weighted by Crippen LogP contribution is -2.11. The fourth-order valence-corrected chi connectivity index (χ4v) is 0. The van der Waals surface area contributed by atoms with Gasteiger partial charge in [-0.1, -0.05) is 7.43 Å². The predicted molar refractivity (Wildman–Crippen MR) is 27.3 cm³/mol. The van der Waals surface area contributed by atoms with E-state index in [0.29, 0.717) is 13.1 Å². The van der Waals surface area contributed by atoms with E-state index in [2.05, 4.69) is 0 Å². The Balaban J connectivity index is -0.0000000450. The highest BCUT2D eigenvalue weighted by Crippen LogP contribution is 1.24. The predicted octanol–water partition coefficient (Wildman–Crippen LogP) is -0.308. The fraction of sp³-hybridized carbons (Fsp3) is 1.00. The van der Waals surface area contributed by atoms with Gasteiger partial charge < -0.3 is 11.5 Å². The lowest BCUT2D eigenvalue weighted by Gasteiger charge is -1.72. The van der Waals surface area contributed by atoms with Crippen LogP contribution < -0.4 is 11.5 Å². The van der Waals surface area contributed by atoms with Crippen molar-refractivity contribution < 1.29 is 4.70 Å². The molecule has 0 rings (SSSR count). The van der Waals surface area contributed by atoms with Crippen LogP contribution in [0.1, 0.15) is 7.43 Å². The van der Waals surface area contributed by atoms with E-state index in [1.807, 2.05) is 0 Å². The van der Waals surface area contributed by atoms with Crippen molar-refractivity contribution in [3.05, 3.63) is 0 Å². The van der Waals surface area contributed by atoms with Crippen LogP contribution in [0.15, 0.2) is 0 Å². The van der Waals surface area contributed by atoms with Gasteiger partial charge in [-0.25, -0.2) is 0 Å². The van der Waals surface area contributed by atoms with Crippen molar-refractivity contribution in [2.45, 2.75) is 7.43 Å². The van der Waals surface area contributed by atoms with Crippen LogP contribution >= 0.6 is 0 Å². The van der Waals surface area contributed by atoms with Crippen LogP contribution in [-0.4, -0.2) is 13.1 Å². The third-order valence-corrected chi connectivity index (χ3v) is 0.167. The first-order chi connectivity index (χ1) is 1.91. The number of nitrogens with two attached hydrogens (primary N) is 2. The number of hydrogen-bond acceptors (Lipinski definition) is 2. The van der Waals surface area contributed by atoms with Crippen molar-refractivity contribution in [2.75, 3.05) is 13.1 Å². The van der Waals surface area contributed by atoms with E-state index in [1.54, 1.807) is 0 Å². The van der Waals surface area contributed by atoms with Gasteiger partial charge in [0.1, 0.15) is 0 Å². The van der Waals surface area contributed by atoms with Crippen molar-refractivity contribution in [3.8, 4) is 0 Å². The highest BCUT2D eigenvalue weighted by molar-refractivity contribution is 4.26. The van der Waals surface area contributed by atoms with Crippen LogP contribution in [0.3, 0.4) is 0 Å². The maximum Gasteiger partial charge on any atom is 0.00461 e. The third-order valence-electron chi connectivity index (χ3n) is 0.167. The second-order valence-electron chi connectivity index (χ2n) is 0.577. The van der Waals surface area contributed by atoms with E-state index in [4.69, 9.17) is 11.5 Å². The topological polar surface area (TPSA) is 52.0 Å². The summed E-state index contributed by atoms with van der Waals surface area (Å²) in [6.07, 6.45) is 0. The maximum absolute atomic E-state index is 4.90. The smallest absolute Gasteiger partial charge is 0.00461 e. The van der Waals surface area contributed by atoms with Crippen molar-refractivity contribution >= 4 is 0 Å². The Morgan fingerprint density at radius 2 is 1.17 bits per heavy atom. The average molecular weight is 96.1 g/mol. The third kappa shape index (κ3) is 43.3. The Labute approximate surface area is 37.9 Å². The molecule has 0 amide bonds. The molecule has 0 bridgehead atoms. The first kappa shape index (κ1) is 16.9. The van der Waals surface area contributed by atoms with Crippen molar-refractivity contribution in [1.82, 2.24) is 0 Å². The molecule has 42 valence electrons. The van der Waals surface area contributed by atoms with Crippen LogP contribution in [-0.2, 0) is 0 Å². The summed E-state index contributed by atoms with van der Waals surface area (Å²) in [4.78, 5) is 0. The second kappa shape index (κ2) is 21.0. The normalized spacial score (nSPS) is 5.00. The van der Waals surface area contributed by atoms with E-state index in [9.17, 15) is 0 Å². The molecule has 0 fully saturated rings. The minimum absolute atomic E-state index is 0. The molecular weight excluding hydrogens is 83.0 g/mol. The SMILES string of the molecule is C.F.NCCN.